The zero-order valence-electron chi connectivity index (χ0n) is 10.2. The van der Waals surface area contributed by atoms with Crippen LogP contribution in [0.3, 0.4) is 0 Å². The van der Waals surface area contributed by atoms with Crippen LogP contribution in [0, 0.1) is 17.8 Å². The quantitative estimate of drug-likeness (QED) is 0.575. The van der Waals surface area contributed by atoms with Gasteiger partial charge in [0.1, 0.15) is 6.10 Å². The second kappa shape index (κ2) is 3.84. The number of fused-ring (bicyclic) bond motifs is 1. The highest BCUT2D eigenvalue weighted by Crippen LogP contribution is 2.68. The van der Waals surface area contributed by atoms with Crippen LogP contribution in [0.5, 0.6) is 0 Å². The summed E-state index contributed by atoms with van der Waals surface area (Å²) in [6.45, 7) is 3.24. The van der Waals surface area contributed by atoms with Gasteiger partial charge in [-0.1, -0.05) is 6.58 Å². The molecule has 20 heavy (non-hydrogen) atoms. The molecule has 0 N–H and O–H groups in total. The van der Waals surface area contributed by atoms with Crippen molar-refractivity contribution in [2.75, 3.05) is 0 Å². The van der Waals surface area contributed by atoms with Gasteiger partial charge >= 0.3 is 12.4 Å². The molecule has 114 valence electrons. The van der Waals surface area contributed by atoms with Crippen LogP contribution in [-0.2, 0) is 9.47 Å². The third kappa shape index (κ3) is 1.46. The van der Waals surface area contributed by atoms with Gasteiger partial charge in [0.2, 0.25) is 0 Å². The monoisotopic (exact) mass is 302 g/mol. The average Bonchev–Trinajstić information content (AvgIpc) is 2.84. The van der Waals surface area contributed by atoms with E-state index >= 15 is 0 Å². The fraction of sp³-hybridized carbons (Fsp3) is 0.833. The Labute approximate surface area is 110 Å². The Balaban J connectivity index is 2.10. The minimum absolute atomic E-state index is 0.174. The number of alkyl halides is 6. The van der Waals surface area contributed by atoms with E-state index in [1.54, 1.807) is 0 Å². The molecule has 2 nitrogen and oxygen atoms in total. The molecule has 5 atom stereocenters. The number of rotatable bonds is 2. The van der Waals surface area contributed by atoms with Gasteiger partial charge in [-0.3, -0.25) is 0 Å². The van der Waals surface area contributed by atoms with Crippen LogP contribution in [0.4, 0.5) is 26.3 Å². The van der Waals surface area contributed by atoms with Crippen LogP contribution < -0.4 is 0 Å². The molecule has 3 aliphatic rings. The van der Waals surface area contributed by atoms with Crippen molar-refractivity contribution in [2.45, 2.75) is 43.0 Å². The molecule has 8 heteroatoms. The smallest absolute Gasteiger partial charge is 0.426 e. The maximum atomic E-state index is 13.2. The van der Waals surface area contributed by atoms with Crippen LogP contribution in [0.2, 0.25) is 0 Å². The zero-order chi connectivity index (χ0) is 14.9. The first kappa shape index (κ1) is 14.0. The summed E-state index contributed by atoms with van der Waals surface area (Å²) in [5.74, 6) is -2.84. The van der Waals surface area contributed by atoms with Crippen LogP contribution in [0.25, 0.3) is 0 Å². The maximum absolute atomic E-state index is 13.2. The second-order valence-electron chi connectivity index (χ2n) is 5.58. The minimum atomic E-state index is -5.52. The lowest BCUT2D eigenvalue weighted by molar-refractivity contribution is -0.387. The molecule has 2 bridgehead atoms. The topological polar surface area (TPSA) is 18.5 Å². The van der Waals surface area contributed by atoms with E-state index in [2.05, 4.69) is 11.3 Å². The first-order valence-corrected chi connectivity index (χ1v) is 6.21. The van der Waals surface area contributed by atoms with Gasteiger partial charge in [-0.25, -0.2) is 0 Å². The van der Waals surface area contributed by atoms with Crippen molar-refractivity contribution in [1.82, 2.24) is 0 Å². The van der Waals surface area contributed by atoms with Gasteiger partial charge in [-0.2, -0.15) is 26.3 Å². The highest BCUT2D eigenvalue weighted by molar-refractivity contribution is 5.20. The van der Waals surface area contributed by atoms with Gasteiger partial charge in [0.25, 0.3) is 5.60 Å². The highest BCUT2D eigenvalue weighted by atomic mass is 19.4. The summed E-state index contributed by atoms with van der Waals surface area (Å²) < 4.78 is 88.9. The Kier molecular flexibility index (Phi) is 2.69. The fourth-order valence-electron chi connectivity index (χ4n) is 4.22. The molecule has 1 heterocycles. The van der Waals surface area contributed by atoms with Crippen molar-refractivity contribution in [3.8, 4) is 0 Å². The van der Waals surface area contributed by atoms with Crippen LogP contribution in [0.15, 0.2) is 12.8 Å². The molecule has 0 amide bonds. The van der Waals surface area contributed by atoms with Crippen LogP contribution in [-0.4, -0.2) is 30.2 Å². The van der Waals surface area contributed by atoms with E-state index in [4.69, 9.17) is 4.74 Å². The molecule has 1 aliphatic heterocycles. The van der Waals surface area contributed by atoms with Gasteiger partial charge in [-0.15, -0.1) is 0 Å². The molecule has 0 aromatic carbocycles. The van der Waals surface area contributed by atoms with Gasteiger partial charge in [0.05, 0.1) is 12.4 Å². The van der Waals surface area contributed by atoms with Crippen molar-refractivity contribution in [2.24, 2.45) is 17.8 Å². The van der Waals surface area contributed by atoms with Crippen molar-refractivity contribution in [3.63, 3.8) is 0 Å². The Morgan fingerprint density at radius 2 is 1.70 bits per heavy atom. The Morgan fingerprint density at radius 3 is 2.20 bits per heavy atom. The van der Waals surface area contributed by atoms with E-state index in [1.807, 2.05) is 0 Å². The van der Waals surface area contributed by atoms with E-state index in [0.717, 1.165) is 6.26 Å². The first-order valence-electron chi connectivity index (χ1n) is 6.21. The van der Waals surface area contributed by atoms with E-state index in [0.29, 0.717) is 0 Å². The van der Waals surface area contributed by atoms with Crippen molar-refractivity contribution in [3.05, 3.63) is 12.8 Å². The number of hydrogen-bond donors (Lipinski definition) is 0. The Morgan fingerprint density at radius 1 is 1.10 bits per heavy atom. The largest absolute Gasteiger partial charge is 0.498 e. The maximum Gasteiger partial charge on any atom is 0.426 e. The summed E-state index contributed by atoms with van der Waals surface area (Å²) in [5, 5.41) is 0. The molecular formula is C12H12F6O2. The Hall–Kier alpha value is -0.920. The lowest BCUT2D eigenvalue weighted by Crippen LogP contribution is -2.62. The standard InChI is InChI=1S/C12H12F6O2/c1-2-19-9-5-3-6-7(4-5)20-10(8(6)9,11(13,14)15)12(16,17)18/h2,5-9H,1,3-4H2/t5-,6+,7?,8?,9?/m1/s1. The molecule has 2 aliphatic carbocycles. The summed E-state index contributed by atoms with van der Waals surface area (Å²) in [6.07, 6.45) is -11.8. The summed E-state index contributed by atoms with van der Waals surface area (Å²) >= 11 is 0. The van der Waals surface area contributed by atoms with Gasteiger partial charge < -0.3 is 9.47 Å². The molecule has 3 fully saturated rings. The van der Waals surface area contributed by atoms with E-state index < -0.39 is 42.0 Å². The molecule has 3 rings (SSSR count). The predicted octanol–water partition coefficient (Wildman–Crippen LogP) is 3.43. The summed E-state index contributed by atoms with van der Waals surface area (Å²) in [7, 11) is 0. The lowest BCUT2D eigenvalue weighted by atomic mass is 9.76. The molecule has 1 saturated heterocycles. The summed E-state index contributed by atoms with van der Waals surface area (Å²) in [6, 6.07) is 0. The van der Waals surface area contributed by atoms with Crippen molar-refractivity contribution in [1.29, 1.82) is 0 Å². The van der Waals surface area contributed by atoms with Gasteiger partial charge in [-0.05, 0) is 24.7 Å². The third-order valence-electron chi connectivity index (χ3n) is 4.77. The van der Waals surface area contributed by atoms with Crippen LogP contribution >= 0.6 is 0 Å². The molecular weight excluding hydrogens is 290 g/mol. The fourth-order valence-corrected chi connectivity index (χ4v) is 4.22. The molecule has 0 radical (unpaired) electrons. The number of halogens is 6. The molecule has 0 aromatic heterocycles. The second-order valence-corrected chi connectivity index (χ2v) is 5.58. The van der Waals surface area contributed by atoms with E-state index in [1.165, 1.54) is 0 Å². The van der Waals surface area contributed by atoms with E-state index in [-0.39, 0.29) is 18.8 Å². The molecule has 3 unspecified atom stereocenters. The van der Waals surface area contributed by atoms with Gasteiger partial charge in [0.15, 0.2) is 0 Å². The Bertz CT molecular complexity index is 413. The summed E-state index contributed by atoms with van der Waals surface area (Å²) in [5.41, 5.74) is -4.12. The molecule has 2 saturated carbocycles. The molecule has 0 spiro atoms. The summed E-state index contributed by atoms with van der Waals surface area (Å²) in [4.78, 5) is 0. The highest BCUT2D eigenvalue weighted by Gasteiger charge is 2.85. The zero-order valence-corrected chi connectivity index (χ0v) is 10.2. The SMILES string of the molecule is C=COC1C2[C@H]3C[C@@H]1CC3OC2(C(F)(F)F)C(F)(F)F. The van der Waals surface area contributed by atoms with Crippen molar-refractivity contribution < 1.29 is 35.8 Å². The van der Waals surface area contributed by atoms with Crippen LogP contribution in [0.1, 0.15) is 12.8 Å². The van der Waals surface area contributed by atoms with E-state index in [9.17, 15) is 26.3 Å². The van der Waals surface area contributed by atoms with Crippen molar-refractivity contribution >= 4 is 0 Å². The van der Waals surface area contributed by atoms with Gasteiger partial charge in [0, 0.05) is 5.92 Å². The number of ether oxygens (including phenoxy) is 2. The molecule has 0 aromatic rings. The lowest BCUT2D eigenvalue weighted by Gasteiger charge is -2.39. The minimum Gasteiger partial charge on any atom is -0.498 e. The predicted molar refractivity (Wildman–Crippen MR) is 54.5 cm³/mol. The third-order valence-corrected chi connectivity index (χ3v) is 4.77. The average molecular weight is 302 g/mol. The normalized spacial score (nSPS) is 42.0. The first-order chi connectivity index (χ1) is 9.13. The number of hydrogen-bond acceptors (Lipinski definition) is 2.